The van der Waals surface area contributed by atoms with Gasteiger partial charge in [-0.25, -0.2) is 4.98 Å². The summed E-state index contributed by atoms with van der Waals surface area (Å²) in [6.07, 6.45) is 0.951. The number of benzene rings is 1. The second-order valence-electron chi connectivity index (χ2n) is 8.63. The molecule has 0 bridgehead atoms. The number of ether oxygens (including phenoxy) is 1. The van der Waals surface area contributed by atoms with Crippen molar-refractivity contribution in [1.82, 2.24) is 19.7 Å². The molecule has 8 nitrogen and oxygen atoms in total. The number of nitrogens with zero attached hydrogens (tertiary/aromatic N) is 5. The molecule has 0 radical (unpaired) electrons. The van der Waals surface area contributed by atoms with Crippen molar-refractivity contribution in [2.75, 3.05) is 77.0 Å². The molecule has 0 spiro atoms. The lowest BCUT2D eigenvalue weighted by molar-refractivity contribution is -0.132. The topological polar surface area (TPSA) is 69.2 Å². The predicted molar refractivity (Wildman–Crippen MR) is 130 cm³/mol. The van der Waals surface area contributed by atoms with E-state index in [1.54, 1.807) is 0 Å². The van der Waals surface area contributed by atoms with Gasteiger partial charge in [-0.05, 0) is 32.4 Å². The smallest absolute Gasteiger partial charge is 0.254 e. The maximum Gasteiger partial charge on any atom is 0.254 e. The van der Waals surface area contributed by atoms with E-state index in [4.69, 9.17) is 9.72 Å². The molecule has 2 saturated heterocycles. The maximum absolute atomic E-state index is 13.4. The van der Waals surface area contributed by atoms with Gasteiger partial charge in [0.15, 0.2) is 0 Å². The SMILES string of the molecule is CCN(CC)C(=O)CN1CCCN(c2cc(C(=O)N3CCOCC3)c3ccccc3n2)CC1. The van der Waals surface area contributed by atoms with E-state index in [1.807, 2.05) is 54.0 Å². The number of hydrogen-bond acceptors (Lipinski definition) is 6. The molecule has 2 aliphatic rings. The monoisotopic (exact) mass is 453 g/mol. The third-order valence-corrected chi connectivity index (χ3v) is 6.62. The van der Waals surface area contributed by atoms with E-state index in [0.29, 0.717) is 38.4 Å². The fourth-order valence-corrected chi connectivity index (χ4v) is 4.66. The Labute approximate surface area is 196 Å². The van der Waals surface area contributed by atoms with E-state index in [9.17, 15) is 9.59 Å². The molecule has 33 heavy (non-hydrogen) atoms. The van der Waals surface area contributed by atoms with Gasteiger partial charge in [-0.15, -0.1) is 0 Å². The summed E-state index contributed by atoms with van der Waals surface area (Å²) in [7, 11) is 0. The number of rotatable bonds is 6. The predicted octanol–water partition coefficient (Wildman–Crippen LogP) is 2.09. The lowest BCUT2D eigenvalue weighted by Gasteiger charge is -2.28. The summed E-state index contributed by atoms with van der Waals surface area (Å²) in [6.45, 7) is 11.7. The number of anilines is 1. The average molecular weight is 454 g/mol. The molecule has 0 unspecified atom stereocenters. The van der Waals surface area contributed by atoms with Gasteiger partial charge in [-0.1, -0.05) is 18.2 Å². The van der Waals surface area contributed by atoms with Crippen LogP contribution in [0.2, 0.25) is 0 Å². The second-order valence-corrected chi connectivity index (χ2v) is 8.63. The minimum Gasteiger partial charge on any atom is -0.378 e. The van der Waals surface area contributed by atoms with Crippen molar-refractivity contribution in [2.45, 2.75) is 20.3 Å². The van der Waals surface area contributed by atoms with Gasteiger partial charge in [-0.3, -0.25) is 14.5 Å². The highest BCUT2D eigenvalue weighted by Crippen LogP contribution is 2.25. The first-order valence-corrected chi connectivity index (χ1v) is 12.1. The number of pyridine rings is 1. The highest BCUT2D eigenvalue weighted by atomic mass is 16.5. The number of morpholine rings is 1. The number of para-hydroxylation sites is 1. The molecule has 2 amide bonds. The molecule has 0 saturated carbocycles. The average Bonchev–Trinajstić information content (AvgIpc) is 3.10. The number of hydrogen-bond donors (Lipinski definition) is 0. The Balaban J connectivity index is 1.53. The number of carbonyl (C=O) groups excluding carboxylic acids is 2. The minimum absolute atomic E-state index is 0.0411. The van der Waals surface area contributed by atoms with Gasteiger partial charge in [0.25, 0.3) is 5.91 Å². The fourth-order valence-electron chi connectivity index (χ4n) is 4.66. The molecule has 0 aliphatic carbocycles. The van der Waals surface area contributed by atoms with Crippen molar-refractivity contribution in [3.63, 3.8) is 0 Å². The third kappa shape index (κ3) is 5.45. The van der Waals surface area contributed by atoms with Crippen LogP contribution in [0.15, 0.2) is 30.3 Å². The van der Waals surface area contributed by atoms with Crippen molar-refractivity contribution >= 4 is 28.5 Å². The Morgan fingerprint density at radius 2 is 1.76 bits per heavy atom. The number of carbonyl (C=O) groups is 2. The summed E-state index contributed by atoms with van der Waals surface area (Å²) >= 11 is 0. The molecule has 4 rings (SSSR count). The number of likely N-dealkylation sites (N-methyl/N-ethyl adjacent to an activating group) is 1. The summed E-state index contributed by atoms with van der Waals surface area (Å²) in [5.41, 5.74) is 1.54. The molecular formula is C25H35N5O3. The zero-order valence-electron chi connectivity index (χ0n) is 19.8. The molecule has 3 heterocycles. The van der Waals surface area contributed by atoms with Crippen molar-refractivity contribution in [2.24, 2.45) is 0 Å². The van der Waals surface area contributed by atoms with Crippen molar-refractivity contribution in [3.05, 3.63) is 35.9 Å². The molecule has 0 atom stereocenters. The summed E-state index contributed by atoms with van der Waals surface area (Å²) in [5.74, 6) is 1.07. The maximum atomic E-state index is 13.4. The lowest BCUT2D eigenvalue weighted by Crippen LogP contribution is -2.41. The summed E-state index contributed by atoms with van der Waals surface area (Å²) in [5, 5.41) is 0.888. The van der Waals surface area contributed by atoms with E-state index in [1.165, 1.54) is 0 Å². The van der Waals surface area contributed by atoms with Crippen LogP contribution in [0.5, 0.6) is 0 Å². The number of amides is 2. The van der Waals surface area contributed by atoms with Crippen LogP contribution in [-0.4, -0.2) is 104 Å². The molecule has 2 aliphatic heterocycles. The third-order valence-electron chi connectivity index (χ3n) is 6.62. The minimum atomic E-state index is 0.0411. The van der Waals surface area contributed by atoms with Crippen LogP contribution in [0, 0.1) is 0 Å². The lowest BCUT2D eigenvalue weighted by atomic mass is 10.1. The van der Waals surface area contributed by atoms with Crippen molar-refractivity contribution in [1.29, 1.82) is 0 Å². The Hall–Kier alpha value is -2.71. The van der Waals surface area contributed by atoms with E-state index in [0.717, 1.165) is 62.4 Å². The van der Waals surface area contributed by atoms with Crippen LogP contribution >= 0.6 is 0 Å². The van der Waals surface area contributed by atoms with E-state index >= 15 is 0 Å². The van der Waals surface area contributed by atoms with Crippen LogP contribution in [0.25, 0.3) is 10.9 Å². The number of aromatic nitrogens is 1. The van der Waals surface area contributed by atoms with Gasteiger partial charge in [0.2, 0.25) is 5.91 Å². The second kappa shape index (κ2) is 10.9. The highest BCUT2D eigenvalue weighted by Gasteiger charge is 2.24. The van der Waals surface area contributed by atoms with Crippen LogP contribution in [-0.2, 0) is 9.53 Å². The van der Waals surface area contributed by atoms with Gasteiger partial charge >= 0.3 is 0 Å². The molecule has 2 fully saturated rings. The van der Waals surface area contributed by atoms with Crippen molar-refractivity contribution in [3.8, 4) is 0 Å². The van der Waals surface area contributed by atoms with Crippen molar-refractivity contribution < 1.29 is 14.3 Å². The van der Waals surface area contributed by atoms with Gasteiger partial charge in [0.05, 0.1) is 30.8 Å². The molecule has 1 aromatic heterocycles. The normalized spacial score (nSPS) is 17.8. The van der Waals surface area contributed by atoms with Gasteiger partial charge in [0.1, 0.15) is 5.82 Å². The van der Waals surface area contributed by atoms with Crippen LogP contribution in [0.4, 0.5) is 5.82 Å². The first kappa shape index (κ1) is 23.4. The quantitative estimate of drug-likeness (QED) is 0.667. The largest absolute Gasteiger partial charge is 0.378 e. The van der Waals surface area contributed by atoms with Crippen LogP contribution in [0.3, 0.4) is 0 Å². The van der Waals surface area contributed by atoms with Gasteiger partial charge < -0.3 is 19.4 Å². The molecular weight excluding hydrogens is 418 g/mol. The Bertz CT molecular complexity index is 972. The first-order chi connectivity index (χ1) is 16.1. The zero-order valence-corrected chi connectivity index (χ0v) is 19.8. The molecule has 178 valence electrons. The van der Waals surface area contributed by atoms with Crippen LogP contribution in [0.1, 0.15) is 30.6 Å². The summed E-state index contributed by atoms with van der Waals surface area (Å²) in [4.78, 5) is 39.1. The fraction of sp³-hybridized carbons (Fsp3) is 0.560. The first-order valence-electron chi connectivity index (χ1n) is 12.1. The zero-order chi connectivity index (χ0) is 23.2. The Kier molecular flexibility index (Phi) is 7.77. The van der Waals surface area contributed by atoms with E-state index < -0.39 is 0 Å². The standard InChI is InChI=1S/C25H35N5O3/c1-3-28(4-2)24(31)19-27-10-7-11-29(13-12-27)23-18-21(20-8-5-6-9-22(20)26-23)25(32)30-14-16-33-17-15-30/h5-6,8-9,18H,3-4,7,10-17,19H2,1-2H3. The molecule has 1 aromatic carbocycles. The summed E-state index contributed by atoms with van der Waals surface area (Å²) < 4.78 is 5.43. The molecule has 2 aromatic rings. The van der Waals surface area contributed by atoms with E-state index in [2.05, 4.69) is 9.80 Å². The van der Waals surface area contributed by atoms with Gasteiger partial charge in [0, 0.05) is 57.7 Å². The molecule has 0 N–H and O–H groups in total. The summed E-state index contributed by atoms with van der Waals surface area (Å²) in [6, 6.07) is 9.82. The Morgan fingerprint density at radius 1 is 1.00 bits per heavy atom. The Morgan fingerprint density at radius 3 is 2.52 bits per heavy atom. The van der Waals surface area contributed by atoms with Crippen LogP contribution < -0.4 is 4.90 Å². The number of fused-ring (bicyclic) bond motifs is 1. The molecule has 8 heteroatoms. The highest BCUT2D eigenvalue weighted by molar-refractivity contribution is 6.07. The van der Waals surface area contributed by atoms with E-state index in [-0.39, 0.29) is 11.8 Å². The van der Waals surface area contributed by atoms with Gasteiger partial charge in [-0.2, -0.15) is 0 Å².